The maximum atomic E-state index is 14.3. The molecule has 2 heterocycles. The van der Waals surface area contributed by atoms with Gasteiger partial charge < -0.3 is 29.7 Å². The van der Waals surface area contributed by atoms with Crippen molar-refractivity contribution in [1.82, 2.24) is 9.97 Å². The standard InChI is InChI=1S/C28H27F2NO4.C28H28FNO4.C2H6/c1-13-7-9-16(10-8-13)21-14(2)22-17-11-19(29)20(30)12-18(17)26(32)31-24(22)15(3)23(21)25(27(33)34)35-28(4,5)6;1-14-7-9-17(10-8-14)21-15(2)22-20-13-18(29)11-12-19(20)26(31)30-24(22)16(3)23(21)25(27(32)33)34-28(4,5)6;1-2/h7-12,25H,1-6H3,(H,31,32)(H,33,34);7-13,25H,1-6H3,(H,30,31)(H,32,33);1-2H3/t2*25-;/m00./s1. The molecular weight excluding hydrogens is 910 g/mol. The molecule has 0 aliphatic rings. The molecule has 0 fully saturated rings. The lowest BCUT2D eigenvalue weighted by molar-refractivity contribution is -0.161. The summed E-state index contributed by atoms with van der Waals surface area (Å²) in [7, 11) is 0. The molecule has 6 aromatic carbocycles. The predicted octanol–water partition coefficient (Wildman–Crippen LogP) is 13.9. The molecular formula is C58H61F3N2O8. The van der Waals surface area contributed by atoms with Crippen LogP contribution in [-0.2, 0) is 19.1 Å². The predicted molar refractivity (Wildman–Crippen MR) is 277 cm³/mol. The van der Waals surface area contributed by atoms with Crippen LogP contribution in [0.2, 0.25) is 0 Å². The van der Waals surface area contributed by atoms with Gasteiger partial charge in [0, 0.05) is 27.3 Å². The highest BCUT2D eigenvalue weighted by molar-refractivity contribution is 6.12. The number of H-pyrrole nitrogens is 2. The smallest absolute Gasteiger partial charge is 0.337 e. The second-order valence-corrected chi connectivity index (χ2v) is 19.6. The summed E-state index contributed by atoms with van der Waals surface area (Å²) < 4.78 is 54.7. The average Bonchev–Trinajstić information content (AvgIpc) is 3.28. The first kappa shape index (κ1) is 53.3. The topological polar surface area (TPSA) is 159 Å². The molecule has 372 valence electrons. The number of ether oxygens (including phenoxy) is 2. The van der Waals surface area contributed by atoms with Gasteiger partial charge in [0.05, 0.1) is 27.6 Å². The zero-order valence-electron chi connectivity index (χ0n) is 42.6. The maximum Gasteiger partial charge on any atom is 0.337 e. The molecule has 13 heteroatoms. The largest absolute Gasteiger partial charge is 0.479 e. The Kier molecular flexibility index (Phi) is 15.3. The second kappa shape index (κ2) is 20.3. The number of hydrogen-bond acceptors (Lipinski definition) is 6. The second-order valence-electron chi connectivity index (χ2n) is 19.6. The van der Waals surface area contributed by atoms with Gasteiger partial charge in [0.2, 0.25) is 0 Å². The van der Waals surface area contributed by atoms with Gasteiger partial charge in [0.1, 0.15) is 5.82 Å². The van der Waals surface area contributed by atoms with Gasteiger partial charge in [0.25, 0.3) is 11.1 Å². The van der Waals surface area contributed by atoms with E-state index in [1.807, 2.05) is 83.1 Å². The first-order valence-corrected chi connectivity index (χ1v) is 23.4. The molecule has 2 atom stereocenters. The van der Waals surface area contributed by atoms with Crippen molar-refractivity contribution in [2.45, 2.75) is 120 Å². The van der Waals surface area contributed by atoms with E-state index in [1.54, 1.807) is 62.3 Å². The lowest BCUT2D eigenvalue weighted by Gasteiger charge is -2.29. The molecule has 0 radical (unpaired) electrons. The van der Waals surface area contributed by atoms with Crippen molar-refractivity contribution in [3.63, 3.8) is 0 Å². The molecule has 0 aliphatic heterocycles. The fraction of sp³-hybridized carbons (Fsp3) is 0.310. The number of hydrogen-bond donors (Lipinski definition) is 4. The van der Waals surface area contributed by atoms with Gasteiger partial charge in [-0.25, -0.2) is 22.8 Å². The van der Waals surface area contributed by atoms with Crippen LogP contribution >= 0.6 is 0 Å². The molecule has 4 N–H and O–H groups in total. The first-order valence-electron chi connectivity index (χ1n) is 23.4. The van der Waals surface area contributed by atoms with Crippen LogP contribution in [0.4, 0.5) is 13.2 Å². The zero-order valence-corrected chi connectivity index (χ0v) is 42.6. The third-order valence-electron chi connectivity index (χ3n) is 12.2. The number of halogens is 3. The minimum absolute atomic E-state index is 0.0160. The molecule has 10 nitrogen and oxygen atoms in total. The number of carbonyl (C=O) groups is 2. The Morgan fingerprint density at radius 1 is 0.507 bits per heavy atom. The van der Waals surface area contributed by atoms with Crippen molar-refractivity contribution in [2.24, 2.45) is 0 Å². The van der Waals surface area contributed by atoms with Gasteiger partial charge in [-0.05, 0) is 169 Å². The molecule has 8 rings (SSSR count). The minimum Gasteiger partial charge on any atom is -0.479 e. The van der Waals surface area contributed by atoms with Crippen LogP contribution in [0.3, 0.4) is 0 Å². The number of aliphatic carboxylic acids is 2. The maximum absolute atomic E-state index is 14.3. The Bertz CT molecular complexity index is 3510. The third kappa shape index (κ3) is 10.7. The lowest BCUT2D eigenvalue weighted by Crippen LogP contribution is -2.28. The summed E-state index contributed by atoms with van der Waals surface area (Å²) in [5.41, 5.74) is 6.69. The Balaban J connectivity index is 0.000000225. The minimum atomic E-state index is -1.33. The van der Waals surface area contributed by atoms with E-state index >= 15 is 0 Å². The number of aromatic nitrogens is 2. The molecule has 0 bridgehead atoms. The summed E-state index contributed by atoms with van der Waals surface area (Å²) in [4.78, 5) is 56.4. The van der Waals surface area contributed by atoms with Crippen molar-refractivity contribution >= 4 is 55.3 Å². The van der Waals surface area contributed by atoms with E-state index in [0.29, 0.717) is 71.5 Å². The van der Waals surface area contributed by atoms with E-state index in [9.17, 15) is 42.6 Å². The number of carboxylic acids is 2. The van der Waals surface area contributed by atoms with Gasteiger partial charge in [-0.2, -0.15) is 0 Å². The molecule has 2 aromatic heterocycles. The molecule has 0 unspecified atom stereocenters. The molecule has 8 aromatic rings. The van der Waals surface area contributed by atoms with Crippen LogP contribution in [0.15, 0.2) is 88.5 Å². The number of benzene rings is 6. The van der Waals surface area contributed by atoms with E-state index in [2.05, 4.69) is 9.97 Å². The summed E-state index contributed by atoms with van der Waals surface area (Å²) in [5, 5.41) is 22.8. The highest BCUT2D eigenvalue weighted by Crippen LogP contribution is 2.45. The van der Waals surface area contributed by atoms with Gasteiger partial charge in [0.15, 0.2) is 23.8 Å². The lowest BCUT2D eigenvalue weighted by atomic mass is 9.84. The van der Waals surface area contributed by atoms with E-state index < -0.39 is 58.4 Å². The number of fused-ring (bicyclic) bond motifs is 6. The third-order valence-corrected chi connectivity index (χ3v) is 12.2. The molecule has 71 heavy (non-hydrogen) atoms. The number of rotatable bonds is 8. The van der Waals surface area contributed by atoms with E-state index in [-0.39, 0.29) is 16.3 Å². The molecule has 0 aliphatic carbocycles. The summed E-state index contributed by atoms with van der Waals surface area (Å²) >= 11 is 0. The van der Waals surface area contributed by atoms with Crippen LogP contribution in [0.25, 0.3) is 65.6 Å². The fourth-order valence-electron chi connectivity index (χ4n) is 9.27. The Hall–Kier alpha value is -7.09. The zero-order chi connectivity index (χ0) is 52.8. The van der Waals surface area contributed by atoms with Crippen molar-refractivity contribution in [1.29, 1.82) is 0 Å². The molecule has 0 saturated carbocycles. The Morgan fingerprint density at radius 3 is 1.23 bits per heavy atom. The Labute approximate surface area is 410 Å². The van der Waals surface area contributed by atoms with Crippen molar-refractivity contribution in [3.05, 3.63) is 162 Å². The first-order chi connectivity index (χ1) is 33.2. The van der Waals surface area contributed by atoms with E-state index in [1.165, 1.54) is 18.2 Å². The highest BCUT2D eigenvalue weighted by atomic mass is 19.2. The number of pyridine rings is 2. The number of aryl methyl sites for hydroxylation is 6. The summed E-state index contributed by atoms with van der Waals surface area (Å²) in [6.45, 7) is 25.8. The van der Waals surface area contributed by atoms with Gasteiger partial charge in [-0.1, -0.05) is 73.5 Å². The van der Waals surface area contributed by atoms with Crippen LogP contribution < -0.4 is 11.1 Å². The highest BCUT2D eigenvalue weighted by Gasteiger charge is 2.35. The van der Waals surface area contributed by atoms with Crippen molar-refractivity contribution in [3.8, 4) is 22.3 Å². The fourth-order valence-corrected chi connectivity index (χ4v) is 9.27. The number of carboxylic acid groups (broad SMARTS) is 2. The van der Waals surface area contributed by atoms with Crippen molar-refractivity contribution < 1.29 is 42.4 Å². The summed E-state index contributed by atoms with van der Waals surface area (Å²) in [6.07, 6.45) is -2.61. The van der Waals surface area contributed by atoms with Gasteiger partial charge in [-0.15, -0.1) is 0 Å². The van der Waals surface area contributed by atoms with Crippen molar-refractivity contribution in [2.75, 3.05) is 0 Å². The quantitative estimate of drug-likeness (QED) is 0.110. The molecule has 0 amide bonds. The number of aromatic amines is 2. The summed E-state index contributed by atoms with van der Waals surface area (Å²) in [5.74, 6) is -4.93. The Morgan fingerprint density at radius 2 is 0.859 bits per heavy atom. The van der Waals surface area contributed by atoms with Crippen LogP contribution in [0.1, 0.15) is 112 Å². The molecule has 0 saturated heterocycles. The van der Waals surface area contributed by atoms with Gasteiger partial charge in [-0.3, -0.25) is 9.59 Å². The van der Waals surface area contributed by atoms with E-state index in [4.69, 9.17) is 9.47 Å². The normalized spacial score (nSPS) is 12.6. The van der Waals surface area contributed by atoms with Crippen LogP contribution in [0, 0.1) is 59.0 Å². The van der Waals surface area contributed by atoms with Crippen LogP contribution in [0.5, 0.6) is 0 Å². The number of nitrogens with one attached hydrogen (secondary N) is 2. The molecule has 0 spiro atoms. The SMILES string of the molecule is CC.Cc1ccc(-c2c([C@H](OC(C)(C)C)C(=O)O)c(C)c3[nH]c(=O)c4cc(F)c(F)cc4c3c2C)cc1.Cc1ccc(-c2c([C@H](OC(C)(C)C)C(=O)O)c(C)c3[nH]c(=O)c4ccc(F)cc4c3c2C)cc1. The average molecular weight is 971 g/mol. The summed E-state index contributed by atoms with van der Waals surface area (Å²) in [6, 6.07) is 21.4. The monoisotopic (exact) mass is 970 g/mol. The van der Waals surface area contributed by atoms with Gasteiger partial charge >= 0.3 is 11.9 Å². The van der Waals surface area contributed by atoms with E-state index in [0.717, 1.165) is 39.9 Å². The van der Waals surface area contributed by atoms with Crippen LogP contribution in [-0.4, -0.2) is 43.3 Å².